The van der Waals surface area contributed by atoms with Crippen molar-refractivity contribution < 1.29 is 14.1 Å². The monoisotopic (exact) mass is 502 g/mol. The first-order chi connectivity index (χ1) is 16.1. The summed E-state index contributed by atoms with van der Waals surface area (Å²) in [5.74, 6) is 1.17. The Kier molecular flexibility index (Phi) is 7.66. The summed E-state index contributed by atoms with van der Waals surface area (Å²) in [5.41, 5.74) is 4.14. The van der Waals surface area contributed by atoms with Crippen LogP contribution in [0.1, 0.15) is 28.0 Å². The Morgan fingerprint density at radius 2 is 1.97 bits per heavy atom. The second-order valence-electron chi connectivity index (χ2n) is 8.55. The Hall–Kier alpha value is -2.74. The summed E-state index contributed by atoms with van der Waals surface area (Å²) in [4.78, 5) is 17.5. The quantitative estimate of drug-likeness (QED) is 0.498. The number of aryl methyl sites for hydroxylation is 1. The lowest BCUT2D eigenvalue weighted by atomic mass is 10.0. The number of carbonyl (C=O) groups excluding carboxylic acids is 1. The number of nitrogens with one attached hydrogen (secondary N) is 1. The molecule has 3 heterocycles. The molecule has 1 amide bonds. The van der Waals surface area contributed by atoms with Gasteiger partial charge in [0, 0.05) is 43.4 Å². The van der Waals surface area contributed by atoms with Crippen LogP contribution in [-0.2, 0) is 6.61 Å². The average Bonchev–Trinajstić information content (AvgIpc) is 3.27. The van der Waals surface area contributed by atoms with Crippen LogP contribution >= 0.6 is 24.0 Å². The zero-order valence-corrected chi connectivity index (χ0v) is 20.6. The molecule has 2 aliphatic heterocycles. The molecule has 0 aliphatic carbocycles. The predicted octanol–water partition coefficient (Wildman–Crippen LogP) is 4.56. The van der Waals surface area contributed by atoms with Crippen molar-refractivity contribution in [1.82, 2.24) is 15.4 Å². The highest BCUT2D eigenvalue weighted by Gasteiger charge is 2.28. The van der Waals surface area contributed by atoms with Gasteiger partial charge in [0.25, 0.3) is 5.91 Å². The number of hydrogen-bond donors (Lipinski definition) is 1. The molecule has 9 heteroatoms. The van der Waals surface area contributed by atoms with Crippen LogP contribution in [0.4, 0.5) is 5.69 Å². The summed E-state index contributed by atoms with van der Waals surface area (Å²) in [7, 11) is 0. The van der Waals surface area contributed by atoms with Crippen molar-refractivity contribution in [3.63, 3.8) is 0 Å². The predicted molar refractivity (Wildman–Crippen MR) is 135 cm³/mol. The molecule has 7 nitrogen and oxygen atoms in total. The number of amides is 1. The van der Waals surface area contributed by atoms with Gasteiger partial charge in [0.15, 0.2) is 11.5 Å². The van der Waals surface area contributed by atoms with E-state index >= 15 is 0 Å². The number of ether oxygens (including phenoxy) is 1. The maximum absolute atomic E-state index is 12.7. The number of nitrogens with zero attached hydrogens (tertiary/aromatic N) is 3. The van der Waals surface area contributed by atoms with Gasteiger partial charge in [-0.3, -0.25) is 9.69 Å². The van der Waals surface area contributed by atoms with Gasteiger partial charge in [-0.25, -0.2) is 0 Å². The van der Waals surface area contributed by atoms with Crippen molar-refractivity contribution >= 4 is 35.6 Å². The van der Waals surface area contributed by atoms with Crippen molar-refractivity contribution in [2.24, 2.45) is 0 Å². The number of aromatic nitrogens is 1. The number of benzene rings is 2. The van der Waals surface area contributed by atoms with Crippen molar-refractivity contribution in [1.29, 1.82) is 0 Å². The van der Waals surface area contributed by atoms with Gasteiger partial charge < -0.3 is 19.5 Å². The number of hydrogen-bond acceptors (Lipinski definition) is 6. The first kappa shape index (κ1) is 24.4. The fourth-order valence-electron chi connectivity index (χ4n) is 4.42. The zero-order valence-electron chi connectivity index (χ0n) is 19.1. The Balaban J connectivity index is 0.00000274. The molecule has 0 spiro atoms. The molecule has 3 aromatic rings. The van der Waals surface area contributed by atoms with Gasteiger partial charge in [-0.05, 0) is 50.2 Å². The molecule has 0 atom stereocenters. The Labute approximate surface area is 210 Å². The number of carbonyl (C=O) groups is 1. The number of rotatable bonds is 6. The molecule has 180 valence electrons. The summed E-state index contributed by atoms with van der Waals surface area (Å²) in [6.45, 7) is 7.75. The molecule has 1 aromatic heterocycles. The lowest BCUT2D eigenvalue weighted by Gasteiger charge is -2.36. The second kappa shape index (κ2) is 10.7. The lowest BCUT2D eigenvalue weighted by Crippen LogP contribution is -2.47. The van der Waals surface area contributed by atoms with Crippen LogP contribution in [0.5, 0.6) is 5.75 Å². The molecule has 2 aromatic carbocycles. The van der Waals surface area contributed by atoms with Crippen LogP contribution in [-0.4, -0.2) is 55.2 Å². The molecule has 1 N–H and O–H groups in total. The van der Waals surface area contributed by atoms with Crippen molar-refractivity contribution in [3.05, 3.63) is 64.3 Å². The third-order valence-corrected chi connectivity index (χ3v) is 6.47. The topological polar surface area (TPSA) is 70.8 Å². The van der Waals surface area contributed by atoms with E-state index in [0.717, 1.165) is 61.0 Å². The summed E-state index contributed by atoms with van der Waals surface area (Å²) in [6.07, 6.45) is 0.876. The maximum Gasteiger partial charge on any atom is 0.273 e. The largest absolute Gasteiger partial charge is 0.488 e. The van der Waals surface area contributed by atoms with Crippen molar-refractivity contribution in [3.8, 4) is 17.1 Å². The van der Waals surface area contributed by atoms with E-state index in [4.69, 9.17) is 20.9 Å². The third kappa shape index (κ3) is 5.17. The van der Waals surface area contributed by atoms with Gasteiger partial charge >= 0.3 is 0 Å². The van der Waals surface area contributed by atoms with Gasteiger partial charge in [0.1, 0.15) is 12.4 Å². The lowest BCUT2D eigenvalue weighted by molar-refractivity contribution is 0.0940. The highest BCUT2D eigenvalue weighted by molar-refractivity contribution is 6.30. The molecule has 0 radical (unpaired) electrons. The van der Waals surface area contributed by atoms with E-state index in [9.17, 15) is 4.79 Å². The Morgan fingerprint density at radius 3 is 2.76 bits per heavy atom. The summed E-state index contributed by atoms with van der Waals surface area (Å²) < 4.78 is 11.3. The van der Waals surface area contributed by atoms with Crippen molar-refractivity contribution in [2.75, 3.05) is 44.2 Å². The Morgan fingerprint density at radius 1 is 1.15 bits per heavy atom. The van der Waals surface area contributed by atoms with Crippen LogP contribution in [0.15, 0.2) is 47.0 Å². The smallest absolute Gasteiger partial charge is 0.273 e. The van der Waals surface area contributed by atoms with E-state index in [2.05, 4.69) is 26.3 Å². The normalized spacial score (nSPS) is 15.1. The molecule has 0 unspecified atom stereocenters. The number of fused-ring (bicyclic) bond motifs is 3. The van der Waals surface area contributed by atoms with E-state index in [1.807, 2.05) is 43.3 Å². The SMILES string of the molecule is Cc1ccc2c(c1)-c1onc(C(=O)NCCCN3CCN(c4cccc(Cl)c4)CC3)c1CO2.Cl. The number of piperazine rings is 1. The van der Waals surface area contributed by atoms with Crippen molar-refractivity contribution in [2.45, 2.75) is 20.0 Å². The van der Waals surface area contributed by atoms with Gasteiger partial charge in [-0.2, -0.15) is 0 Å². The van der Waals surface area contributed by atoms with E-state index in [0.29, 0.717) is 23.6 Å². The molecule has 5 rings (SSSR count). The van der Waals surface area contributed by atoms with Crippen LogP contribution in [0.3, 0.4) is 0 Å². The van der Waals surface area contributed by atoms with Crippen LogP contribution in [0.25, 0.3) is 11.3 Å². The van der Waals surface area contributed by atoms with E-state index in [1.165, 1.54) is 5.69 Å². The summed E-state index contributed by atoms with van der Waals surface area (Å²) >= 11 is 6.12. The van der Waals surface area contributed by atoms with E-state index in [1.54, 1.807) is 0 Å². The molecule has 1 fully saturated rings. The maximum atomic E-state index is 12.7. The fourth-order valence-corrected chi connectivity index (χ4v) is 4.61. The van der Waals surface area contributed by atoms with Gasteiger partial charge in [0.2, 0.25) is 0 Å². The standard InChI is InChI=1S/C25H27ClN4O3.ClH/c1-17-6-7-22-20(14-17)24-21(16-32-22)23(28-33-24)25(31)27-8-3-9-29-10-12-30(13-11-29)19-5-2-4-18(26)15-19;/h2,4-7,14-15H,3,8-13,16H2,1H3,(H,27,31);1H. The number of halogens is 2. The van der Waals surface area contributed by atoms with Crippen LogP contribution in [0, 0.1) is 6.92 Å². The van der Waals surface area contributed by atoms with Gasteiger partial charge in [0.05, 0.1) is 11.1 Å². The highest BCUT2D eigenvalue weighted by Crippen LogP contribution is 2.39. The molecule has 0 saturated carbocycles. The first-order valence-electron chi connectivity index (χ1n) is 11.3. The minimum absolute atomic E-state index is 0. The highest BCUT2D eigenvalue weighted by atomic mass is 35.5. The van der Waals surface area contributed by atoms with Crippen LogP contribution < -0.4 is 15.0 Å². The molecule has 2 aliphatic rings. The van der Waals surface area contributed by atoms with Gasteiger partial charge in [-0.15, -0.1) is 12.4 Å². The summed E-state index contributed by atoms with van der Waals surface area (Å²) in [6, 6.07) is 13.9. The first-order valence-corrected chi connectivity index (χ1v) is 11.7. The molecule has 1 saturated heterocycles. The third-order valence-electron chi connectivity index (χ3n) is 6.24. The zero-order chi connectivity index (χ0) is 22.8. The molecule has 34 heavy (non-hydrogen) atoms. The van der Waals surface area contributed by atoms with Gasteiger partial charge in [-0.1, -0.05) is 34.5 Å². The van der Waals surface area contributed by atoms with Crippen LogP contribution in [0.2, 0.25) is 5.02 Å². The van der Waals surface area contributed by atoms with E-state index < -0.39 is 0 Å². The molecule has 0 bridgehead atoms. The fraction of sp³-hybridized carbons (Fsp3) is 0.360. The van der Waals surface area contributed by atoms with E-state index in [-0.39, 0.29) is 24.9 Å². The number of anilines is 1. The second-order valence-corrected chi connectivity index (χ2v) is 8.98. The summed E-state index contributed by atoms with van der Waals surface area (Å²) in [5, 5.41) is 7.80. The minimum atomic E-state index is -0.217. The molecular weight excluding hydrogens is 475 g/mol. The minimum Gasteiger partial charge on any atom is -0.488 e. The average molecular weight is 503 g/mol. The Bertz CT molecular complexity index is 1160. The molecular formula is C25H28Cl2N4O3.